The number of nitrogens with zero attached hydrogens (tertiary/aromatic N) is 5. The largest absolute Gasteiger partial charge is 0.337 e. The van der Waals surface area contributed by atoms with E-state index in [2.05, 4.69) is 31.8 Å². The highest BCUT2D eigenvalue weighted by Gasteiger charge is 2.43. The maximum atomic E-state index is 12.2. The number of amides is 3. The van der Waals surface area contributed by atoms with Crippen molar-refractivity contribution in [2.75, 3.05) is 6.54 Å². The normalized spacial score (nSPS) is 23.8. The first kappa shape index (κ1) is 16.4. The molecule has 1 saturated carbocycles. The van der Waals surface area contributed by atoms with Crippen molar-refractivity contribution < 1.29 is 9.59 Å². The number of carbonyl (C=O) groups is 2. The molecule has 1 saturated heterocycles. The summed E-state index contributed by atoms with van der Waals surface area (Å²) in [5.74, 6) is -0.451. The lowest BCUT2D eigenvalue weighted by Gasteiger charge is -2.22. The van der Waals surface area contributed by atoms with Crippen LogP contribution in [-0.4, -0.2) is 38.1 Å². The highest BCUT2D eigenvalue weighted by atomic mass is 16.2. The zero-order valence-electron chi connectivity index (χ0n) is 14.7. The van der Waals surface area contributed by atoms with Gasteiger partial charge in [0, 0.05) is 42.3 Å². The fraction of sp³-hybridized carbons (Fsp3) is 0.263. The second kappa shape index (κ2) is 6.13. The molecular weight excluding hydrogens is 358 g/mol. The van der Waals surface area contributed by atoms with Gasteiger partial charge in [0.2, 0.25) is 5.91 Å². The number of rotatable bonds is 3. The van der Waals surface area contributed by atoms with Crippen LogP contribution in [0.3, 0.4) is 0 Å². The molecule has 2 fully saturated rings. The van der Waals surface area contributed by atoms with E-state index in [-0.39, 0.29) is 24.3 Å². The molecule has 3 amide bonds. The van der Waals surface area contributed by atoms with E-state index >= 15 is 0 Å². The summed E-state index contributed by atoms with van der Waals surface area (Å²) in [6.45, 7) is 0.211. The first-order valence-corrected chi connectivity index (χ1v) is 8.93. The number of hydrogen-bond donors (Lipinski definition) is 2. The number of imide groups is 1. The number of fused-ring (bicyclic) bond motifs is 1. The topological polar surface area (TPSA) is 125 Å². The van der Waals surface area contributed by atoms with E-state index in [0.29, 0.717) is 11.3 Å². The number of nitrogens with one attached hydrogen (secondary N) is 2. The summed E-state index contributed by atoms with van der Waals surface area (Å²) in [6, 6.07) is 7.17. The van der Waals surface area contributed by atoms with Crippen molar-refractivity contribution in [1.29, 1.82) is 5.26 Å². The third-order valence-electron chi connectivity index (χ3n) is 5.27. The number of urea groups is 1. The van der Waals surface area contributed by atoms with Crippen LogP contribution in [0.15, 0.2) is 36.8 Å². The van der Waals surface area contributed by atoms with Crippen molar-refractivity contribution in [2.24, 2.45) is 0 Å². The first-order valence-electron chi connectivity index (χ1n) is 8.93. The second-order valence-electron chi connectivity index (χ2n) is 7.00. The van der Waals surface area contributed by atoms with Crippen LogP contribution >= 0.6 is 0 Å². The molecule has 0 radical (unpaired) electrons. The highest BCUT2D eigenvalue weighted by molar-refractivity contribution is 6.00. The third-order valence-corrected chi connectivity index (χ3v) is 5.27. The van der Waals surface area contributed by atoms with Crippen molar-refractivity contribution in [2.45, 2.75) is 24.2 Å². The van der Waals surface area contributed by atoms with E-state index in [9.17, 15) is 9.59 Å². The van der Waals surface area contributed by atoms with Crippen LogP contribution in [0, 0.1) is 11.3 Å². The molecule has 5 rings (SSSR count). The van der Waals surface area contributed by atoms with E-state index in [0.717, 1.165) is 23.3 Å². The summed E-state index contributed by atoms with van der Waals surface area (Å²) in [6.07, 6.45) is 5.93. The van der Waals surface area contributed by atoms with Gasteiger partial charge in [-0.2, -0.15) is 10.4 Å². The summed E-state index contributed by atoms with van der Waals surface area (Å²) in [5.41, 5.74) is 3.83. The summed E-state index contributed by atoms with van der Waals surface area (Å²) < 4.78 is 1.68. The number of nitriles is 1. The van der Waals surface area contributed by atoms with Gasteiger partial charge in [-0.25, -0.2) is 14.3 Å². The Morgan fingerprint density at radius 2 is 2.07 bits per heavy atom. The number of hydrogen-bond acceptors (Lipinski definition) is 6. The van der Waals surface area contributed by atoms with Gasteiger partial charge < -0.3 is 5.32 Å². The quantitative estimate of drug-likeness (QED) is 0.710. The molecule has 0 aromatic carbocycles. The lowest BCUT2D eigenvalue weighted by atomic mass is 9.99. The Morgan fingerprint density at radius 1 is 1.18 bits per heavy atom. The average Bonchev–Trinajstić information content (AvgIpc) is 3.36. The van der Waals surface area contributed by atoms with Crippen molar-refractivity contribution in [1.82, 2.24) is 30.2 Å². The molecule has 1 aliphatic carbocycles. The number of imidazole rings is 1. The molecule has 9 heteroatoms. The summed E-state index contributed by atoms with van der Waals surface area (Å²) in [5, 5.41) is 18.4. The Bertz CT molecular complexity index is 1150. The van der Waals surface area contributed by atoms with Gasteiger partial charge in [-0.3, -0.25) is 15.1 Å². The standard InChI is InChI=1S/C19H15N7O2/c20-7-10-1-2-15(22-8-10)12-5-11(12)13-6-16(25-26-4-3-21-17(13)26)14-9-23-19(28)24-18(14)27/h1-4,6,8,11-12,14H,5,9H2,(H2,23,24,27,28)/t11-,12-,14?/m0/s1. The van der Waals surface area contributed by atoms with Gasteiger partial charge in [0.15, 0.2) is 5.65 Å². The second-order valence-corrected chi connectivity index (χ2v) is 7.00. The Balaban J connectivity index is 1.49. The molecule has 3 atom stereocenters. The molecule has 0 spiro atoms. The van der Waals surface area contributed by atoms with Crippen LogP contribution in [0.1, 0.15) is 46.7 Å². The van der Waals surface area contributed by atoms with Crippen LogP contribution < -0.4 is 10.6 Å². The molecule has 2 aliphatic rings. The zero-order valence-corrected chi connectivity index (χ0v) is 14.7. The predicted molar refractivity (Wildman–Crippen MR) is 96.3 cm³/mol. The van der Waals surface area contributed by atoms with Gasteiger partial charge in [0.1, 0.15) is 6.07 Å². The summed E-state index contributed by atoms with van der Waals surface area (Å²) >= 11 is 0. The number of pyridine rings is 1. The maximum Gasteiger partial charge on any atom is 0.321 e. The molecular formula is C19H15N7O2. The fourth-order valence-electron chi connectivity index (χ4n) is 3.73. The van der Waals surface area contributed by atoms with Gasteiger partial charge in [0.05, 0.1) is 17.2 Å². The molecule has 9 nitrogen and oxygen atoms in total. The van der Waals surface area contributed by atoms with Crippen LogP contribution in [0.25, 0.3) is 5.65 Å². The summed E-state index contributed by atoms with van der Waals surface area (Å²) in [4.78, 5) is 32.4. The van der Waals surface area contributed by atoms with Crippen LogP contribution in [-0.2, 0) is 4.79 Å². The minimum atomic E-state index is -0.548. The van der Waals surface area contributed by atoms with Crippen molar-refractivity contribution in [3.05, 3.63) is 59.3 Å². The average molecular weight is 373 g/mol. The molecule has 138 valence electrons. The SMILES string of the molecule is N#Cc1ccc([C@H]2C[C@@H]2c2cc(C3CNC(=O)NC3=O)nn3ccnc23)nc1. The molecule has 28 heavy (non-hydrogen) atoms. The molecule has 1 unspecified atom stereocenters. The fourth-order valence-corrected chi connectivity index (χ4v) is 3.73. The Kier molecular flexibility index (Phi) is 3.58. The van der Waals surface area contributed by atoms with E-state index in [1.807, 2.05) is 12.1 Å². The minimum absolute atomic E-state index is 0.211. The lowest BCUT2D eigenvalue weighted by Crippen LogP contribution is -2.51. The van der Waals surface area contributed by atoms with Crippen LogP contribution in [0.5, 0.6) is 0 Å². The first-order chi connectivity index (χ1) is 13.6. The molecule has 3 aromatic heterocycles. The predicted octanol–water partition coefficient (Wildman–Crippen LogP) is 1.19. The van der Waals surface area contributed by atoms with Crippen molar-refractivity contribution in [3.63, 3.8) is 0 Å². The Morgan fingerprint density at radius 3 is 2.82 bits per heavy atom. The monoisotopic (exact) mass is 373 g/mol. The number of aromatic nitrogens is 4. The molecule has 1 aliphatic heterocycles. The molecule has 2 N–H and O–H groups in total. The lowest BCUT2D eigenvalue weighted by molar-refractivity contribution is -0.122. The van der Waals surface area contributed by atoms with Gasteiger partial charge in [-0.1, -0.05) is 0 Å². The van der Waals surface area contributed by atoms with Gasteiger partial charge >= 0.3 is 6.03 Å². The van der Waals surface area contributed by atoms with Crippen molar-refractivity contribution in [3.8, 4) is 6.07 Å². The maximum absolute atomic E-state index is 12.2. The molecule has 4 heterocycles. The minimum Gasteiger partial charge on any atom is -0.337 e. The van der Waals surface area contributed by atoms with E-state index in [4.69, 9.17) is 5.26 Å². The molecule has 3 aromatic rings. The van der Waals surface area contributed by atoms with Crippen LogP contribution in [0.4, 0.5) is 4.79 Å². The van der Waals surface area contributed by atoms with Gasteiger partial charge in [-0.05, 0) is 30.5 Å². The van der Waals surface area contributed by atoms with E-state index < -0.39 is 11.9 Å². The Labute approximate surface area is 159 Å². The van der Waals surface area contributed by atoms with Crippen LogP contribution in [0.2, 0.25) is 0 Å². The Hall–Kier alpha value is -3.80. The zero-order chi connectivity index (χ0) is 19.3. The van der Waals surface area contributed by atoms with Gasteiger partial charge in [0.25, 0.3) is 0 Å². The number of carbonyl (C=O) groups excluding carboxylic acids is 2. The van der Waals surface area contributed by atoms with Gasteiger partial charge in [-0.15, -0.1) is 0 Å². The van der Waals surface area contributed by atoms with E-state index in [1.165, 1.54) is 0 Å². The van der Waals surface area contributed by atoms with Crippen molar-refractivity contribution >= 4 is 17.6 Å². The van der Waals surface area contributed by atoms with E-state index in [1.54, 1.807) is 29.2 Å². The smallest absolute Gasteiger partial charge is 0.321 e. The highest BCUT2D eigenvalue weighted by Crippen LogP contribution is 2.55. The molecule has 0 bridgehead atoms. The summed E-state index contributed by atoms with van der Waals surface area (Å²) in [7, 11) is 0. The third kappa shape index (κ3) is 2.66.